The van der Waals surface area contributed by atoms with E-state index in [1.54, 1.807) is 0 Å². The fourth-order valence-electron chi connectivity index (χ4n) is 15.4. The first-order valence-corrected chi connectivity index (χ1v) is 27.0. The number of hydrogen-bond acceptors (Lipinski definition) is 20. The molecule has 0 bridgehead atoms. The van der Waals surface area contributed by atoms with Crippen LogP contribution >= 0.6 is 0 Å². The largest absolute Gasteiger partial charge is 0.569 e. The summed E-state index contributed by atoms with van der Waals surface area (Å²) in [6.45, 7) is 16.8. The molecule has 8 N–H and O–H groups in total. The van der Waals surface area contributed by atoms with Gasteiger partial charge in [-0.2, -0.15) is 0 Å². The van der Waals surface area contributed by atoms with Crippen LogP contribution in [0.15, 0.2) is 16.9 Å². The number of fused-ring (bicyclic) bond motifs is 7. The van der Waals surface area contributed by atoms with Crippen LogP contribution in [0.2, 0.25) is 0 Å². The zero-order valence-corrected chi connectivity index (χ0v) is 44.3. The average molecular weight is 1050 g/mol. The minimum atomic E-state index is -1.71. The number of carbonyl (C=O) groups is 3. The number of allylic oxidation sites excluding steroid dienone is 2. The number of aliphatic hydroxyl groups excluding tert-OH is 8. The number of carbonyl (C=O) groups excluding carboxylic acids is 3. The minimum absolute atomic E-state index is 0.0370. The Morgan fingerprint density at radius 2 is 1.34 bits per heavy atom. The van der Waals surface area contributed by atoms with Crippen LogP contribution in [-0.2, 0) is 42.9 Å². The van der Waals surface area contributed by atoms with Crippen LogP contribution in [0.25, 0.3) is 0 Å². The van der Waals surface area contributed by atoms with Gasteiger partial charge in [-0.3, -0.25) is 19.3 Å². The molecule has 5 aliphatic carbocycles. The van der Waals surface area contributed by atoms with E-state index >= 15 is 0 Å². The van der Waals surface area contributed by atoms with Gasteiger partial charge in [-0.15, -0.1) is 5.01 Å². The van der Waals surface area contributed by atoms with Gasteiger partial charge in [-0.1, -0.05) is 60.1 Å². The maximum absolute atomic E-state index is 14.6. The third kappa shape index (κ3) is 10.2. The Labute approximate surface area is 433 Å². The SMILES string of the molecule is CC1(C)CC[C@]2(C(=O)O[C@@H]3O[C@H](CO)[C@@H](O)[C@H](O)[C@H]3O)CC[C@]3(C)C(=CC[C@@H]4[C@@]5(C)CC[C@H](OC(=O)CCC(=O)OCCN6CCN(/[N+]([O-])=N/O[C@@H]7O[C@H](CO)[C@@H](O)[C@H](O)[C@H]7O)CC6)C(C)(C)[C@@H]5CC[C@]43C)[C@@H]2C1. The number of piperazine rings is 1. The van der Waals surface area contributed by atoms with Gasteiger partial charge in [0.05, 0.1) is 49.5 Å². The molecule has 0 amide bonds. The molecule has 0 radical (unpaired) electrons. The molecule has 0 spiro atoms. The number of rotatable bonds is 14. The van der Waals surface area contributed by atoms with Gasteiger partial charge < -0.3 is 74.6 Å². The first kappa shape index (κ1) is 56.9. The second-order valence-electron chi connectivity index (χ2n) is 25.0. The Balaban J connectivity index is 0.825. The Morgan fingerprint density at radius 1 is 0.730 bits per heavy atom. The molecule has 8 aliphatic rings. The third-order valence-electron chi connectivity index (χ3n) is 20.2. The van der Waals surface area contributed by atoms with Crippen LogP contribution in [0, 0.1) is 55.5 Å². The standard InChI is InChI=1S/C52H84N4O18/c1-47(2)16-18-52(46(67)73-44-42(65)40(63)38(61)31(27-57)70-44)19-17-50(6)29(30(52)26-47)8-9-34-49(5)14-13-35(48(3,4)33(49)12-15-51(34,50)7)72-37(60)11-10-36(59)69-25-24-54-20-22-55(23-21-54)56(68)53-74-45-43(66)41(64)39(62)32(28-58)71-45/h8,30-35,38-45,57-58,61-66H,9-28H2,1-7H3/b56-53-/t30-,31+,32+,33-,34+,35-,38+,39+,40-,41-,42+,43+,44-,45-,49-,50+,51+,52-/m0/s1. The predicted molar refractivity (Wildman–Crippen MR) is 258 cm³/mol. The second-order valence-corrected chi connectivity index (χ2v) is 25.0. The molecule has 3 saturated heterocycles. The Bertz CT molecular complexity index is 2100. The lowest BCUT2D eigenvalue weighted by Crippen LogP contribution is -2.65. The van der Waals surface area contributed by atoms with Crippen molar-refractivity contribution in [3.05, 3.63) is 16.9 Å². The number of hydrogen-bond donors (Lipinski definition) is 8. The molecule has 0 aromatic heterocycles. The van der Waals surface area contributed by atoms with Gasteiger partial charge in [-0.25, -0.2) is 0 Å². The summed E-state index contributed by atoms with van der Waals surface area (Å²) in [5.41, 5.74) is -0.330. The third-order valence-corrected chi connectivity index (χ3v) is 20.2. The molecule has 22 heteroatoms. The number of esters is 3. The van der Waals surface area contributed by atoms with Gasteiger partial charge in [0.15, 0.2) is 0 Å². The Hall–Kier alpha value is -3.29. The van der Waals surface area contributed by atoms with Crippen molar-refractivity contribution in [3.8, 4) is 0 Å². The van der Waals surface area contributed by atoms with Crippen LogP contribution < -0.4 is 0 Å². The van der Waals surface area contributed by atoms with Gasteiger partial charge in [0, 0.05) is 25.0 Å². The molecule has 74 heavy (non-hydrogen) atoms. The van der Waals surface area contributed by atoms with E-state index in [4.69, 9.17) is 28.5 Å². The number of hydrazine groups is 1. The lowest BCUT2D eigenvalue weighted by Gasteiger charge is -2.71. The highest BCUT2D eigenvalue weighted by Crippen LogP contribution is 2.76. The zero-order chi connectivity index (χ0) is 53.9. The quantitative estimate of drug-likeness (QED) is 0.0306. The molecule has 4 saturated carbocycles. The van der Waals surface area contributed by atoms with E-state index in [0.29, 0.717) is 44.8 Å². The van der Waals surface area contributed by atoms with Crippen molar-refractivity contribution in [2.24, 2.45) is 55.5 Å². The molecule has 0 aromatic rings. The van der Waals surface area contributed by atoms with Crippen molar-refractivity contribution >= 4 is 17.9 Å². The molecule has 0 aromatic carbocycles. The van der Waals surface area contributed by atoms with E-state index in [-0.39, 0.29) is 82.5 Å². The predicted octanol–water partition coefficient (Wildman–Crippen LogP) is 1.59. The maximum atomic E-state index is 14.6. The van der Waals surface area contributed by atoms with E-state index in [9.17, 15) is 60.4 Å². The normalized spacial score (nSPS) is 44.1. The molecule has 3 aliphatic heterocycles. The second kappa shape index (κ2) is 21.5. The molecule has 0 unspecified atom stereocenters. The first-order chi connectivity index (χ1) is 34.8. The molecular formula is C52H84N4O18. The highest BCUT2D eigenvalue weighted by molar-refractivity contribution is 5.79. The maximum Gasteiger partial charge on any atom is 0.315 e. The van der Waals surface area contributed by atoms with Gasteiger partial charge >= 0.3 is 17.9 Å². The van der Waals surface area contributed by atoms with Crippen molar-refractivity contribution in [1.82, 2.24) is 9.91 Å². The molecule has 22 nitrogen and oxygen atoms in total. The molecule has 8 rings (SSSR count). The van der Waals surface area contributed by atoms with E-state index in [0.717, 1.165) is 44.9 Å². The van der Waals surface area contributed by atoms with E-state index < -0.39 is 97.9 Å². The van der Waals surface area contributed by atoms with Crippen molar-refractivity contribution < 1.29 is 88.7 Å². The molecular weight excluding hydrogens is 969 g/mol. The molecule has 7 fully saturated rings. The lowest BCUT2D eigenvalue weighted by molar-refractivity contribution is -0.716. The Kier molecular flexibility index (Phi) is 16.5. The minimum Gasteiger partial charge on any atom is -0.569 e. The smallest absolute Gasteiger partial charge is 0.315 e. The number of nitrogens with zero attached hydrogens (tertiary/aromatic N) is 4. The summed E-state index contributed by atoms with van der Waals surface area (Å²) in [7, 11) is 0. The monoisotopic (exact) mass is 1050 g/mol. The Morgan fingerprint density at radius 3 is 1.99 bits per heavy atom. The molecule has 3 heterocycles. The summed E-state index contributed by atoms with van der Waals surface area (Å²) in [6.07, 6.45) is -5.60. The summed E-state index contributed by atoms with van der Waals surface area (Å²) >= 11 is 0. The van der Waals surface area contributed by atoms with Crippen molar-refractivity contribution in [3.63, 3.8) is 0 Å². The highest BCUT2D eigenvalue weighted by atomic mass is 16.8. The van der Waals surface area contributed by atoms with E-state index in [1.807, 2.05) is 4.90 Å². The van der Waals surface area contributed by atoms with Crippen LogP contribution in [0.3, 0.4) is 0 Å². The van der Waals surface area contributed by atoms with E-state index in [1.165, 1.54) is 10.6 Å². The summed E-state index contributed by atoms with van der Waals surface area (Å²) in [5, 5.41) is 98.2. The highest BCUT2D eigenvalue weighted by Gasteiger charge is 2.70. The molecule has 18 atom stereocenters. The van der Waals surface area contributed by atoms with E-state index in [2.05, 4.69) is 59.8 Å². The van der Waals surface area contributed by atoms with Gasteiger partial charge in [0.25, 0.3) is 6.29 Å². The summed E-state index contributed by atoms with van der Waals surface area (Å²) in [5.74, 6) is -0.956. The fraction of sp³-hybridized carbons (Fsp3) is 0.904. The topological polar surface area (TPSA) is 313 Å². The van der Waals surface area contributed by atoms with Crippen molar-refractivity contribution in [2.45, 2.75) is 193 Å². The van der Waals surface area contributed by atoms with Gasteiger partial charge in [-0.05, 0) is 104 Å². The van der Waals surface area contributed by atoms with Crippen molar-refractivity contribution in [2.75, 3.05) is 52.5 Å². The molecule has 420 valence electrons. The summed E-state index contributed by atoms with van der Waals surface area (Å²) in [6, 6.07) is 0. The lowest BCUT2D eigenvalue weighted by atomic mass is 9.33. The van der Waals surface area contributed by atoms with Crippen LogP contribution in [0.4, 0.5) is 0 Å². The summed E-state index contributed by atoms with van der Waals surface area (Å²) in [4.78, 5) is 48.1. The van der Waals surface area contributed by atoms with Crippen LogP contribution in [-0.4, -0.2) is 194 Å². The fourth-order valence-corrected chi connectivity index (χ4v) is 15.4. The zero-order valence-electron chi connectivity index (χ0n) is 44.3. The number of ether oxygens (including phenoxy) is 5. The average Bonchev–Trinajstić information content (AvgIpc) is 3.36. The number of aliphatic hydroxyl groups is 8. The van der Waals surface area contributed by atoms with Gasteiger partial charge in [0.1, 0.15) is 61.5 Å². The van der Waals surface area contributed by atoms with Crippen molar-refractivity contribution in [1.29, 1.82) is 0 Å². The van der Waals surface area contributed by atoms with Crippen LogP contribution in [0.5, 0.6) is 0 Å². The first-order valence-electron chi connectivity index (χ1n) is 27.0. The summed E-state index contributed by atoms with van der Waals surface area (Å²) < 4.78 is 28.6. The van der Waals surface area contributed by atoms with Gasteiger partial charge in [0.2, 0.25) is 11.6 Å². The van der Waals surface area contributed by atoms with Crippen LogP contribution in [0.1, 0.15) is 126 Å².